The summed E-state index contributed by atoms with van der Waals surface area (Å²) < 4.78 is 10.9. The minimum atomic E-state index is -1.09. The molecule has 1 aliphatic rings. The second kappa shape index (κ2) is 7.38. The van der Waals surface area contributed by atoms with Crippen molar-refractivity contribution in [3.8, 4) is 5.75 Å². The van der Waals surface area contributed by atoms with E-state index in [1.54, 1.807) is 26.0 Å². The van der Waals surface area contributed by atoms with Crippen molar-refractivity contribution >= 4 is 35.1 Å². The number of carboxylic acids is 1. The van der Waals surface area contributed by atoms with E-state index < -0.39 is 18.2 Å². The monoisotopic (exact) mass is 361 g/mol. The number of aliphatic carboxylic acids is 1. The Labute approximate surface area is 143 Å². The van der Waals surface area contributed by atoms with Gasteiger partial charge in [0.2, 0.25) is 0 Å². The molecule has 0 aliphatic carbocycles. The fraction of sp³-hybridized carbons (Fsp3) is 0.467. The Bertz CT molecular complexity index is 610. The standard InChI is InChI=1S/C15H17Cl2NO5/c1-8-6-18(7-13(22-8)15(20)21)14(19)9(2)23-12-4-3-10(16)5-11(12)17/h3-5,8-9,13H,6-7H2,1-2H3,(H,20,21)/t8-,9?,13?/m1/s1. The number of ether oxygens (including phenoxy) is 2. The van der Waals surface area contributed by atoms with E-state index in [9.17, 15) is 9.59 Å². The SMILES string of the molecule is CC(Oc1ccc(Cl)cc1Cl)C(=O)N1CC(C(=O)O)O[C@H](C)C1. The first kappa shape index (κ1) is 17.8. The zero-order valence-electron chi connectivity index (χ0n) is 12.7. The molecule has 0 bridgehead atoms. The third-order valence-electron chi connectivity index (χ3n) is 3.39. The van der Waals surface area contributed by atoms with Crippen LogP contribution in [0.1, 0.15) is 13.8 Å². The molecule has 23 heavy (non-hydrogen) atoms. The van der Waals surface area contributed by atoms with E-state index in [0.29, 0.717) is 22.3 Å². The summed E-state index contributed by atoms with van der Waals surface area (Å²) in [6.45, 7) is 3.60. The summed E-state index contributed by atoms with van der Waals surface area (Å²) in [5.74, 6) is -1.07. The van der Waals surface area contributed by atoms with Crippen LogP contribution in [0.5, 0.6) is 5.75 Å². The zero-order chi connectivity index (χ0) is 17.1. The largest absolute Gasteiger partial charge is 0.479 e. The highest BCUT2D eigenvalue weighted by molar-refractivity contribution is 6.35. The minimum Gasteiger partial charge on any atom is -0.479 e. The molecule has 1 aromatic rings. The molecule has 1 amide bonds. The predicted octanol–water partition coefficient (Wildman–Crippen LogP) is 2.46. The smallest absolute Gasteiger partial charge is 0.334 e. The first-order valence-electron chi connectivity index (χ1n) is 7.06. The molecule has 6 nitrogen and oxygen atoms in total. The van der Waals surface area contributed by atoms with Crippen molar-refractivity contribution in [2.75, 3.05) is 13.1 Å². The maximum Gasteiger partial charge on any atom is 0.334 e. The lowest BCUT2D eigenvalue weighted by molar-refractivity contribution is -0.168. The van der Waals surface area contributed by atoms with Crippen molar-refractivity contribution in [1.29, 1.82) is 0 Å². The highest BCUT2D eigenvalue weighted by Crippen LogP contribution is 2.28. The van der Waals surface area contributed by atoms with E-state index >= 15 is 0 Å². The Morgan fingerprint density at radius 1 is 1.39 bits per heavy atom. The number of hydrogen-bond acceptors (Lipinski definition) is 4. The zero-order valence-corrected chi connectivity index (χ0v) is 14.2. The van der Waals surface area contributed by atoms with Crippen LogP contribution in [0.3, 0.4) is 0 Å². The number of carboxylic acid groups (broad SMARTS) is 1. The molecule has 1 heterocycles. The Kier molecular flexibility index (Phi) is 5.73. The molecule has 3 atom stereocenters. The number of carbonyl (C=O) groups excluding carboxylic acids is 1. The Morgan fingerprint density at radius 3 is 2.70 bits per heavy atom. The molecule has 0 spiro atoms. The van der Waals surface area contributed by atoms with Crippen molar-refractivity contribution in [2.45, 2.75) is 32.2 Å². The van der Waals surface area contributed by atoms with Gasteiger partial charge in [-0.15, -0.1) is 0 Å². The maximum absolute atomic E-state index is 12.5. The van der Waals surface area contributed by atoms with Gasteiger partial charge < -0.3 is 19.5 Å². The predicted molar refractivity (Wildman–Crippen MR) is 85.1 cm³/mol. The molecule has 8 heteroatoms. The van der Waals surface area contributed by atoms with Crippen molar-refractivity contribution < 1.29 is 24.2 Å². The summed E-state index contributed by atoms with van der Waals surface area (Å²) in [4.78, 5) is 25.0. The topological polar surface area (TPSA) is 76.1 Å². The first-order valence-corrected chi connectivity index (χ1v) is 7.82. The van der Waals surface area contributed by atoms with Gasteiger partial charge in [0, 0.05) is 11.6 Å². The molecular formula is C15H17Cl2NO5. The Hall–Kier alpha value is -1.50. The van der Waals surface area contributed by atoms with Gasteiger partial charge in [0.1, 0.15) is 5.75 Å². The normalized spacial score (nSPS) is 22.5. The summed E-state index contributed by atoms with van der Waals surface area (Å²) in [5, 5.41) is 9.83. The van der Waals surface area contributed by atoms with E-state index in [1.165, 1.54) is 11.0 Å². The van der Waals surface area contributed by atoms with Crippen LogP contribution >= 0.6 is 23.2 Å². The lowest BCUT2D eigenvalue weighted by Crippen LogP contribution is -2.54. The third kappa shape index (κ3) is 4.50. The molecule has 2 rings (SSSR count). The first-order chi connectivity index (χ1) is 10.8. The number of benzene rings is 1. The number of amides is 1. The van der Waals surface area contributed by atoms with Crippen LogP contribution in [0.25, 0.3) is 0 Å². The third-order valence-corrected chi connectivity index (χ3v) is 3.92. The molecule has 0 aromatic heterocycles. The van der Waals surface area contributed by atoms with Gasteiger partial charge >= 0.3 is 5.97 Å². The van der Waals surface area contributed by atoms with Gasteiger partial charge in [0.05, 0.1) is 17.7 Å². The van der Waals surface area contributed by atoms with E-state index in [0.717, 1.165) is 0 Å². The Balaban J connectivity index is 2.05. The quantitative estimate of drug-likeness (QED) is 0.891. The summed E-state index contributed by atoms with van der Waals surface area (Å²) in [6, 6.07) is 4.71. The number of nitrogens with zero attached hydrogens (tertiary/aromatic N) is 1. The summed E-state index contributed by atoms with van der Waals surface area (Å²) >= 11 is 11.8. The van der Waals surface area contributed by atoms with E-state index in [2.05, 4.69) is 0 Å². The van der Waals surface area contributed by atoms with Crippen molar-refractivity contribution in [1.82, 2.24) is 4.90 Å². The summed E-state index contributed by atoms with van der Waals surface area (Å²) in [6.07, 6.45) is -2.21. The van der Waals surface area contributed by atoms with Gasteiger partial charge in [-0.05, 0) is 32.0 Å². The molecular weight excluding hydrogens is 345 g/mol. The fourth-order valence-electron chi connectivity index (χ4n) is 2.34. The lowest BCUT2D eigenvalue weighted by atomic mass is 10.2. The van der Waals surface area contributed by atoms with Crippen LogP contribution in [0.2, 0.25) is 10.0 Å². The van der Waals surface area contributed by atoms with Crippen molar-refractivity contribution in [3.05, 3.63) is 28.2 Å². The minimum absolute atomic E-state index is 0.0133. The van der Waals surface area contributed by atoms with Gasteiger partial charge in [-0.25, -0.2) is 4.79 Å². The molecule has 1 aromatic carbocycles. The van der Waals surface area contributed by atoms with Crippen LogP contribution < -0.4 is 4.74 Å². The molecule has 0 saturated carbocycles. The second-order valence-corrected chi connectivity index (χ2v) is 6.20. The van der Waals surface area contributed by atoms with E-state index in [1.807, 2.05) is 0 Å². The number of halogens is 2. The van der Waals surface area contributed by atoms with Crippen LogP contribution in [0.4, 0.5) is 0 Å². The summed E-state index contributed by atoms with van der Waals surface area (Å²) in [5.41, 5.74) is 0. The van der Waals surface area contributed by atoms with Crippen molar-refractivity contribution in [3.63, 3.8) is 0 Å². The Morgan fingerprint density at radius 2 is 2.09 bits per heavy atom. The van der Waals surface area contributed by atoms with Crippen LogP contribution in [0, 0.1) is 0 Å². The molecule has 1 saturated heterocycles. The molecule has 126 valence electrons. The van der Waals surface area contributed by atoms with Gasteiger partial charge in [-0.1, -0.05) is 23.2 Å². The number of carbonyl (C=O) groups is 2. The van der Waals surface area contributed by atoms with Crippen LogP contribution in [-0.4, -0.2) is 53.3 Å². The van der Waals surface area contributed by atoms with E-state index in [-0.39, 0.29) is 18.6 Å². The molecule has 1 aliphatic heterocycles. The maximum atomic E-state index is 12.5. The highest BCUT2D eigenvalue weighted by Gasteiger charge is 2.34. The lowest BCUT2D eigenvalue weighted by Gasteiger charge is -2.36. The molecule has 0 radical (unpaired) electrons. The van der Waals surface area contributed by atoms with Gasteiger partial charge in [-0.2, -0.15) is 0 Å². The number of rotatable bonds is 4. The fourth-order valence-corrected chi connectivity index (χ4v) is 2.79. The molecule has 1 N–H and O–H groups in total. The summed E-state index contributed by atoms with van der Waals surface area (Å²) in [7, 11) is 0. The van der Waals surface area contributed by atoms with Crippen LogP contribution in [-0.2, 0) is 14.3 Å². The molecule has 2 unspecified atom stereocenters. The number of hydrogen-bond donors (Lipinski definition) is 1. The second-order valence-electron chi connectivity index (χ2n) is 5.35. The molecule has 1 fully saturated rings. The van der Waals surface area contributed by atoms with Crippen LogP contribution in [0.15, 0.2) is 18.2 Å². The van der Waals surface area contributed by atoms with Gasteiger partial charge in [0.15, 0.2) is 12.2 Å². The van der Waals surface area contributed by atoms with Gasteiger partial charge in [-0.3, -0.25) is 4.79 Å². The van der Waals surface area contributed by atoms with Gasteiger partial charge in [0.25, 0.3) is 5.91 Å². The highest BCUT2D eigenvalue weighted by atomic mass is 35.5. The van der Waals surface area contributed by atoms with Crippen molar-refractivity contribution in [2.24, 2.45) is 0 Å². The average molecular weight is 362 g/mol. The van der Waals surface area contributed by atoms with E-state index in [4.69, 9.17) is 37.8 Å². The average Bonchev–Trinajstić information content (AvgIpc) is 2.48. The number of morpholine rings is 1.